The highest BCUT2D eigenvalue weighted by Crippen LogP contribution is 2.06. The van der Waals surface area contributed by atoms with Crippen LogP contribution in [0.5, 0.6) is 0 Å². The van der Waals surface area contributed by atoms with Gasteiger partial charge in [-0.3, -0.25) is 0 Å². The number of nitrogen functional groups attached to an aromatic ring is 1. The summed E-state index contributed by atoms with van der Waals surface area (Å²) in [5.41, 5.74) is 5.63. The molecule has 17 heavy (non-hydrogen) atoms. The molecule has 0 fully saturated rings. The summed E-state index contributed by atoms with van der Waals surface area (Å²) < 4.78 is 1.54. The van der Waals surface area contributed by atoms with Gasteiger partial charge in [-0.15, -0.1) is 0 Å². The number of aromatic nitrogens is 5. The van der Waals surface area contributed by atoms with Gasteiger partial charge < -0.3 is 11.1 Å². The van der Waals surface area contributed by atoms with Crippen molar-refractivity contribution in [2.75, 3.05) is 17.6 Å². The maximum Gasteiger partial charge on any atom is 0.257 e. The van der Waals surface area contributed by atoms with Crippen LogP contribution in [0.4, 0.5) is 11.9 Å². The van der Waals surface area contributed by atoms with Crippen molar-refractivity contribution in [1.29, 1.82) is 0 Å². The maximum atomic E-state index is 5.63. The summed E-state index contributed by atoms with van der Waals surface area (Å²) >= 11 is 0. The van der Waals surface area contributed by atoms with Gasteiger partial charge in [0, 0.05) is 18.9 Å². The first kappa shape index (κ1) is 11.3. The van der Waals surface area contributed by atoms with E-state index in [1.807, 2.05) is 0 Å². The van der Waals surface area contributed by atoms with Crippen molar-refractivity contribution in [3.8, 4) is 5.95 Å². The van der Waals surface area contributed by atoms with Crippen LogP contribution in [0.2, 0.25) is 0 Å². The second kappa shape index (κ2) is 4.77. The number of nitrogens with two attached hydrogens (primary N) is 1. The van der Waals surface area contributed by atoms with Crippen molar-refractivity contribution < 1.29 is 0 Å². The minimum atomic E-state index is 0.178. The summed E-state index contributed by atoms with van der Waals surface area (Å²) in [4.78, 5) is 12.3. The fraction of sp³-hybridized carbons (Fsp3) is 0.400. The third kappa shape index (κ3) is 2.90. The van der Waals surface area contributed by atoms with Crippen LogP contribution in [-0.2, 0) is 0 Å². The van der Waals surface area contributed by atoms with Gasteiger partial charge in [0.2, 0.25) is 11.9 Å². The molecule has 0 atom stereocenters. The van der Waals surface area contributed by atoms with Crippen LogP contribution in [-0.4, -0.2) is 31.3 Å². The lowest BCUT2D eigenvalue weighted by molar-refractivity contribution is 0.682. The van der Waals surface area contributed by atoms with Crippen LogP contribution >= 0.6 is 0 Å². The van der Waals surface area contributed by atoms with Gasteiger partial charge in [-0.1, -0.05) is 13.8 Å². The van der Waals surface area contributed by atoms with E-state index >= 15 is 0 Å². The predicted molar refractivity (Wildman–Crippen MR) is 64.7 cm³/mol. The monoisotopic (exact) mass is 233 g/mol. The van der Waals surface area contributed by atoms with Crippen LogP contribution in [0, 0.1) is 5.92 Å². The molecule has 0 saturated heterocycles. The van der Waals surface area contributed by atoms with E-state index in [4.69, 9.17) is 5.73 Å². The minimum absolute atomic E-state index is 0.178. The molecule has 0 saturated carbocycles. The van der Waals surface area contributed by atoms with E-state index < -0.39 is 0 Å². The highest BCUT2D eigenvalue weighted by molar-refractivity contribution is 5.34. The molecule has 2 rings (SSSR count). The molecule has 0 bridgehead atoms. The van der Waals surface area contributed by atoms with Crippen molar-refractivity contribution in [2.24, 2.45) is 5.92 Å². The van der Waals surface area contributed by atoms with Crippen LogP contribution in [0.25, 0.3) is 5.95 Å². The molecule has 90 valence electrons. The lowest BCUT2D eigenvalue weighted by Crippen LogP contribution is -2.14. The Bertz CT molecular complexity index is 477. The molecule has 0 unspecified atom stereocenters. The van der Waals surface area contributed by atoms with Gasteiger partial charge >= 0.3 is 0 Å². The molecule has 2 aromatic rings. The maximum absolute atomic E-state index is 5.63. The zero-order valence-electron chi connectivity index (χ0n) is 9.83. The molecule has 0 spiro atoms. The molecule has 3 N–H and O–H groups in total. The molecule has 2 aromatic heterocycles. The van der Waals surface area contributed by atoms with Gasteiger partial charge in [0.15, 0.2) is 0 Å². The van der Waals surface area contributed by atoms with Gasteiger partial charge in [0.05, 0.1) is 0 Å². The van der Waals surface area contributed by atoms with Gasteiger partial charge in [-0.25, -0.2) is 4.68 Å². The number of nitrogens with one attached hydrogen (secondary N) is 1. The van der Waals surface area contributed by atoms with Crippen molar-refractivity contribution >= 4 is 11.9 Å². The Morgan fingerprint density at radius 3 is 2.82 bits per heavy atom. The third-order valence-corrected chi connectivity index (χ3v) is 2.02. The predicted octanol–water partition coefficient (Wildman–Crippen LogP) is 0.707. The van der Waals surface area contributed by atoms with Crippen LogP contribution < -0.4 is 11.1 Å². The standard InChI is InChI=1S/C10H15N7/c1-7(2)6-12-9-14-8(11)15-10(16-9)17-5-3-4-13-17/h3-5,7H,6H2,1-2H3,(H3,11,12,14,15,16). The number of hydrogen-bond acceptors (Lipinski definition) is 6. The van der Waals surface area contributed by atoms with Gasteiger partial charge in [0.25, 0.3) is 5.95 Å². The molecule has 0 aliphatic heterocycles. The first-order valence-corrected chi connectivity index (χ1v) is 5.40. The average Bonchev–Trinajstić information content (AvgIpc) is 2.79. The van der Waals surface area contributed by atoms with Gasteiger partial charge in [0.1, 0.15) is 0 Å². The van der Waals surface area contributed by atoms with E-state index in [1.165, 1.54) is 0 Å². The molecule has 2 heterocycles. The molecule has 7 nitrogen and oxygen atoms in total. The smallest absolute Gasteiger partial charge is 0.257 e. The normalized spacial score (nSPS) is 10.8. The zero-order valence-corrected chi connectivity index (χ0v) is 9.83. The van der Waals surface area contributed by atoms with E-state index in [0.717, 1.165) is 6.54 Å². The number of nitrogens with zero attached hydrogens (tertiary/aromatic N) is 5. The fourth-order valence-electron chi connectivity index (χ4n) is 1.24. The van der Waals surface area contributed by atoms with E-state index in [9.17, 15) is 0 Å². The first-order valence-electron chi connectivity index (χ1n) is 5.40. The summed E-state index contributed by atoms with van der Waals surface area (Å²) in [7, 11) is 0. The Hall–Kier alpha value is -2.18. The molecule has 0 aliphatic rings. The Morgan fingerprint density at radius 2 is 2.18 bits per heavy atom. The number of anilines is 2. The SMILES string of the molecule is CC(C)CNc1nc(N)nc(-n2cccn2)n1. The summed E-state index contributed by atoms with van der Waals surface area (Å²) in [6, 6.07) is 1.79. The van der Waals surface area contributed by atoms with Crippen LogP contribution in [0.3, 0.4) is 0 Å². The summed E-state index contributed by atoms with van der Waals surface area (Å²) in [6.07, 6.45) is 3.40. The highest BCUT2D eigenvalue weighted by Gasteiger charge is 2.06. The molecular formula is C10H15N7. The van der Waals surface area contributed by atoms with E-state index in [0.29, 0.717) is 17.8 Å². The lowest BCUT2D eigenvalue weighted by Gasteiger charge is -2.08. The Balaban J connectivity index is 2.24. The third-order valence-electron chi connectivity index (χ3n) is 2.02. The largest absolute Gasteiger partial charge is 0.368 e. The molecular weight excluding hydrogens is 218 g/mol. The molecule has 0 radical (unpaired) electrons. The van der Waals surface area contributed by atoms with Crippen molar-refractivity contribution in [1.82, 2.24) is 24.7 Å². The van der Waals surface area contributed by atoms with Crippen LogP contribution in [0.15, 0.2) is 18.5 Å². The van der Waals surface area contributed by atoms with Gasteiger partial charge in [-0.2, -0.15) is 20.1 Å². The Kier molecular flexibility index (Phi) is 3.17. The first-order chi connectivity index (χ1) is 8.15. The highest BCUT2D eigenvalue weighted by atomic mass is 15.4. The van der Waals surface area contributed by atoms with E-state index in [2.05, 4.69) is 39.2 Å². The summed E-state index contributed by atoms with van der Waals surface area (Å²) in [6.45, 7) is 4.99. The topological polar surface area (TPSA) is 94.5 Å². The Labute approximate surface area is 99.1 Å². The number of hydrogen-bond donors (Lipinski definition) is 2. The Morgan fingerprint density at radius 1 is 1.35 bits per heavy atom. The van der Waals surface area contributed by atoms with E-state index in [-0.39, 0.29) is 5.95 Å². The zero-order chi connectivity index (χ0) is 12.3. The number of rotatable bonds is 4. The molecule has 0 aromatic carbocycles. The second-order valence-corrected chi connectivity index (χ2v) is 4.04. The second-order valence-electron chi connectivity index (χ2n) is 4.04. The van der Waals surface area contributed by atoms with Crippen LogP contribution in [0.1, 0.15) is 13.8 Å². The lowest BCUT2D eigenvalue weighted by atomic mass is 10.2. The molecule has 0 amide bonds. The van der Waals surface area contributed by atoms with Crippen molar-refractivity contribution in [2.45, 2.75) is 13.8 Å². The minimum Gasteiger partial charge on any atom is -0.368 e. The van der Waals surface area contributed by atoms with E-state index in [1.54, 1.807) is 23.1 Å². The molecule has 0 aliphatic carbocycles. The average molecular weight is 233 g/mol. The summed E-state index contributed by atoms with van der Waals surface area (Å²) in [5.74, 6) is 1.56. The quantitative estimate of drug-likeness (QED) is 0.807. The van der Waals surface area contributed by atoms with Gasteiger partial charge in [-0.05, 0) is 12.0 Å². The molecule has 7 heteroatoms. The van der Waals surface area contributed by atoms with Crippen molar-refractivity contribution in [3.63, 3.8) is 0 Å². The van der Waals surface area contributed by atoms with Crippen molar-refractivity contribution in [3.05, 3.63) is 18.5 Å². The fourth-order valence-corrected chi connectivity index (χ4v) is 1.24. The summed E-state index contributed by atoms with van der Waals surface area (Å²) in [5, 5.41) is 7.15.